The number of nitrogen functional groups attached to an aromatic ring is 1. The van der Waals surface area contributed by atoms with Gasteiger partial charge in [0.15, 0.2) is 5.65 Å². The lowest BCUT2D eigenvalue weighted by Gasteiger charge is -2.04. The van der Waals surface area contributed by atoms with Crippen molar-refractivity contribution in [3.8, 4) is 0 Å². The van der Waals surface area contributed by atoms with Gasteiger partial charge in [-0.25, -0.2) is 9.97 Å². The number of aromatic nitrogens is 3. The highest BCUT2D eigenvalue weighted by atomic mass is 79.9. The molecule has 0 amide bonds. The number of nitrogens with two attached hydrogens (primary N) is 1. The van der Waals surface area contributed by atoms with Crippen LogP contribution in [0.2, 0.25) is 0 Å². The number of hydrogen-bond acceptors (Lipinski definition) is 4. The maximum absolute atomic E-state index is 5.88. The third-order valence-electron chi connectivity index (χ3n) is 2.31. The number of hydrogen-bond donors (Lipinski definition) is 1. The van der Waals surface area contributed by atoms with E-state index in [0.29, 0.717) is 5.95 Å². The average molecular weight is 301 g/mol. The third-order valence-corrected chi connectivity index (χ3v) is 3.44. The van der Waals surface area contributed by atoms with E-state index in [1.54, 1.807) is 6.20 Å². The summed E-state index contributed by atoms with van der Waals surface area (Å²) >= 11 is 5.21. The first-order chi connectivity index (χ1) is 7.72. The molecular weight excluding hydrogens is 288 g/mol. The van der Waals surface area contributed by atoms with Crippen molar-refractivity contribution in [2.24, 2.45) is 0 Å². The summed E-state index contributed by atoms with van der Waals surface area (Å²) in [5.74, 6) is 1.66. The molecule has 0 aliphatic heterocycles. The van der Waals surface area contributed by atoms with Gasteiger partial charge in [-0.3, -0.25) is 4.57 Å². The Bertz CT molecular complexity index is 497. The molecule has 2 N–H and O–H groups in total. The van der Waals surface area contributed by atoms with Gasteiger partial charge in [0.1, 0.15) is 5.52 Å². The van der Waals surface area contributed by atoms with Crippen molar-refractivity contribution in [3.05, 3.63) is 16.7 Å². The highest BCUT2D eigenvalue weighted by Crippen LogP contribution is 2.19. The van der Waals surface area contributed by atoms with Crippen molar-refractivity contribution in [1.29, 1.82) is 0 Å². The molecule has 0 radical (unpaired) electrons. The van der Waals surface area contributed by atoms with Crippen molar-refractivity contribution in [1.82, 2.24) is 14.5 Å². The fourth-order valence-corrected chi connectivity index (χ4v) is 2.33. The third kappa shape index (κ3) is 2.32. The zero-order valence-electron chi connectivity index (χ0n) is 8.98. The molecule has 0 atom stereocenters. The minimum absolute atomic E-state index is 0.543. The van der Waals surface area contributed by atoms with Gasteiger partial charge in [-0.15, -0.1) is 0 Å². The summed E-state index contributed by atoms with van der Waals surface area (Å²) in [4.78, 5) is 8.64. The zero-order chi connectivity index (χ0) is 11.5. The zero-order valence-corrected chi connectivity index (χ0v) is 11.4. The minimum Gasteiger partial charge on any atom is -0.369 e. The molecule has 86 valence electrons. The molecule has 0 spiro atoms. The van der Waals surface area contributed by atoms with Crippen LogP contribution < -0.4 is 5.73 Å². The van der Waals surface area contributed by atoms with Crippen LogP contribution in [0, 0.1) is 0 Å². The van der Waals surface area contributed by atoms with Crippen LogP contribution in [0.5, 0.6) is 0 Å². The van der Waals surface area contributed by atoms with Gasteiger partial charge in [-0.05, 0) is 40.4 Å². The average Bonchev–Trinajstić information content (AvgIpc) is 2.55. The molecule has 0 saturated carbocycles. The van der Waals surface area contributed by atoms with E-state index in [9.17, 15) is 0 Å². The summed E-state index contributed by atoms with van der Waals surface area (Å²) in [5.41, 5.74) is 7.58. The largest absolute Gasteiger partial charge is 0.369 e. The molecule has 6 heteroatoms. The lowest BCUT2D eigenvalue weighted by Crippen LogP contribution is -2.04. The molecule has 2 rings (SSSR count). The first-order valence-corrected chi connectivity index (χ1v) is 7.17. The SMILES string of the molecule is CSCCCn1c(N)nc2cc(Br)cnc21. The fraction of sp³-hybridized carbons (Fsp3) is 0.400. The monoisotopic (exact) mass is 300 g/mol. The Morgan fingerprint density at radius 2 is 2.38 bits per heavy atom. The first-order valence-electron chi connectivity index (χ1n) is 4.98. The number of pyridine rings is 1. The molecule has 4 nitrogen and oxygen atoms in total. The highest BCUT2D eigenvalue weighted by molar-refractivity contribution is 9.10. The molecule has 0 saturated heterocycles. The predicted molar refractivity (Wildman–Crippen MR) is 72.6 cm³/mol. The molecule has 0 bridgehead atoms. The van der Waals surface area contributed by atoms with Gasteiger partial charge >= 0.3 is 0 Å². The molecule has 0 aliphatic rings. The highest BCUT2D eigenvalue weighted by Gasteiger charge is 2.08. The summed E-state index contributed by atoms with van der Waals surface area (Å²) < 4.78 is 2.90. The molecule has 0 aliphatic carbocycles. The molecule has 0 unspecified atom stereocenters. The molecule has 0 aromatic carbocycles. The molecule has 2 aromatic rings. The predicted octanol–water partition coefficient (Wildman–Crippen LogP) is 2.53. The van der Waals surface area contributed by atoms with Crippen LogP contribution in [0.3, 0.4) is 0 Å². The van der Waals surface area contributed by atoms with E-state index in [4.69, 9.17) is 5.73 Å². The van der Waals surface area contributed by atoms with Crippen molar-refractivity contribution >= 4 is 44.8 Å². The quantitative estimate of drug-likeness (QED) is 0.882. The molecule has 2 heterocycles. The van der Waals surface area contributed by atoms with E-state index < -0.39 is 0 Å². The first kappa shape index (κ1) is 11.7. The van der Waals surface area contributed by atoms with Gasteiger partial charge in [-0.2, -0.15) is 11.8 Å². The maximum Gasteiger partial charge on any atom is 0.202 e. The second kappa shape index (κ2) is 5.05. The van der Waals surface area contributed by atoms with Gasteiger partial charge in [0.2, 0.25) is 5.95 Å². The van der Waals surface area contributed by atoms with Crippen LogP contribution in [0.1, 0.15) is 6.42 Å². The van der Waals surface area contributed by atoms with Crippen LogP contribution in [-0.2, 0) is 6.54 Å². The van der Waals surface area contributed by atoms with Gasteiger partial charge < -0.3 is 5.73 Å². The number of nitrogens with zero attached hydrogens (tertiary/aromatic N) is 3. The summed E-state index contributed by atoms with van der Waals surface area (Å²) in [5, 5.41) is 0. The number of fused-ring (bicyclic) bond motifs is 1. The summed E-state index contributed by atoms with van der Waals surface area (Å²) in [6.45, 7) is 0.873. The maximum atomic E-state index is 5.88. The van der Waals surface area contributed by atoms with E-state index in [1.807, 2.05) is 22.4 Å². The second-order valence-electron chi connectivity index (χ2n) is 3.46. The number of halogens is 1. The number of imidazole rings is 1. The summed E-state index contributed by atoms with van der Waals surface area (Å²) in [6.07, 6.45) is 4.95. The minimum atomic E-state index is 0.543. The summed E-state index contributed by atoms with van der Waals surface area (Å²) in [6, 6.07) is 1.93. The molecule has 2 aromatic heterocycles. The van der Waals surface area contributed by atoms with E-state index in [-0.39, 0.29) is 0 Å². The van der Waals surface area contributed by atoms with Gasteiger partial charge in [0.25, 0.3) is 0 Å². The smallest absolute Gasteiger partial charge is 0.202 e. The normalized spacial score (nSPS) is 11.1. The molecule has 16 heavy (non-hydrogen) atoms. The van der Waals surface area contributed by atoms with E-state index >= 15 is 0 Å². The van der Waals surface area contributed by atoms with Gasteiger partial charge in [0, 0.05) is 17.2 Å². The van der Waals surface area contributed by atoms with Crippen LogP contribution in [0.15, 0.2) is 16.7 Å². The van der Waals surface area contributed by atoms with Crippen molar-refractivity contribution < 1.29 is 0 Å². The van der Waals surface area contributed by atoms with E-state index in [2.05, 4.69) is 32.2 Å². The van der Waals surface area contributed by atoms with Crippen molar-refractivity contribution in [2.75, 3.05) is 17.7 Å². The Kier molecular flexibility index (Phi) is 3.70. The van der Waals surface area contributed by atoms with Crippen molar-refractivity contribution in [2.45, 2.75) is 13.0 Å². The molecule has 0 fully saturated rings. The fourth-order valence-electron chi connectivity index (χ4n) is 1.59. The topological polar surface area (TPSA) is 56.7 Å². The Morgan fingerprint density at radius 3 is 3.12 bits per heavy atom. The number of aryl methyl sites for hydroxylation is 1. The Hall–Kier alpha value is -0.750. The number of thioether (sulfide) groups is 1. The van der Waals surface area contributed by atoms with Crippen LogP contribution in [0.4, 0.5) is 5.95 Å². The Balaban J connectivity index is 2.32. The number of anilines is 1. The van der Waals surface area contributed by atoms with Crippen LogP contribution >= 0.6 is 27.7 Å². The standard InChI is InChI=1S/C10H13BrN4S/c1-16-4-2-3-15-9-8(14-10(15)12)5-7(11)6-13-9/h5-6H,2-4H2,1H3,(H2,12,14). The van der Waals surface area contributed by atoms with Crippen LogP contribution in [-0.4, -0.2) is 26.5 Å². The molecular formula is C10H13BrN4S. The Labute approximate surface area is 107 Å². The van der Waals surface area contributed by atoms with Gasteiger partial charge in [0.05, 0.1) is 0 Å². The summed E-state index contributed by atoms with van der Waals surface area (Å²) in [7, 11) is 0. The van der Waals surface area contributed by atoms with Crippen LogP contribution in [0.25, 0.3) is 11.2 Å². The van der Waals surface area contributed by atoms with Crippen molar-refractivity contribution in [3.63, 3.8) is 0 Å². The Morgan fingerprint density at radius 1 is 1.56 bits per heavy atom. The number of rotatable bonds is 4. The van der Waals surface area contributed by atoms with E-state index in [1.165, 1.54) is 0 Å². The van der Waals surface area contributed by atoms with E-state index in [0.717, 1.165) is 34.4 Å². The lowest BCUT2D eigenvalue weighted by molar-refractivity contribution is 0.706. The lowest BCUT2D eigenvalue weighted by atomic mass is 10.4. The van der Waals surface area contributed by atoms with Gasteiger partial charge in [-0.1, -0.05) is 0 Å². The second-order valence-corrected chi connectivity index (χ2v) is 5.37.